The minimum absolute atomic E-state index is 0.0850. The van der Waals surface area contributed by atoms with Crippen LogP contribution in [0, 0.1) is 6.92 Å². The molecule has 2 heterocycles. The third-order valence-corrected chi connectivity index (χ3v) is 3.16. The van der Waals surface area contributed by atoms with Gasteiger partial charge < -0.3 is 4.98 Å². The zero-order valence-electron chi connectivity index (χ0n) is 10.7. The number of ketones is 1. The summed E-state index contributed by atoms with van der Waals surface area (Å²) in [5.74, 6) is 0.0850. The first kappa shape index (κ1) is 11.7. The molecule has 0 atom stereocenters. The number of benzene rings is 1. The van der Waals surface area contributed by atoms with E-state index < -0.39 is 0 Å². The fraction of sp³-hybridized carbons (Fsp3) is 0.125. The molecule has 2 aromatic heterocycles. The van der Waals surface area contributed by atoms with Crippen LogP contribution in [0.2, 0.25) is 0 Å². The van der Waals surface area contributed by atoms with E-state index in [1.165, 1.54) is 5.56 Å². The van der Waals surface area contributed by atoms with Gasteiger partial charge in [-0.25, -0.2) is 0 Å². The zero-order chi connectivity index (χ0) is 13.2. The predicted octanol–water partition coefficient (Wildman–Crippen LogP) is 3.30. The van der Waals surface area contributed by atoms with Crippen LogP contribution in [-0.2, 0) is 6.42 Å². The van der Waals surface area contributed by atoms with Crippen molar-refractivity contribution >= 4 is 16.7 Å². The number of pyridine rings is 1. The first-order chi connectivity index (χ1) is 9.22. The molecular weight excluding hydrogens is 236 g/mol. The summed E-state index contributed by atoms with van der Waals surface area (Å²) < 4.78 is 0. The van der Waals surface area contributed by atoms with Crippen molar-refractivity contribution in [1.82, 2.24) is 9.97 Å². The van der Waals surface area contributed by atoms with Crippen molar-refractivity contribution < 1.29 is 4.79 Å². The summed E-state index contributed by atoms with van der Waals surface area (Å²) in [5, 5.41) is 1.08. The van der Waals surface area contributed by atoms with E-state index in [2.05, 4.69) is 16.0 Å². The van der Waals surface area contributed by atoms with Gasteiger partial charge in [-0.3, -0.25) is 9.78 Å². The lowest BCUT2D eigenvalue weighted by Crippen LogP contribution is -2.03. The summed E-state index contributed by atoms with van der Waals surface area (Å²) in [7, 11) is 0. The number of nitrogens with zero attached hydrogens (tertiary/aromatic N) is 1. The summed E-state index contributed by atoms with van der Waals surface area (Å²) in [6, 6.07) is 11.8. The maximum Gasteiger partial charge on any atom is 0.183 e. The Bertz CT molecular complexity index is 729. The monoisotopic (exact) mass is 250 g/mol. The van der Waals surface area contributed by atoms with Crippen molar-refractivity contribution in [2.24, 2.45) is 0 Å². The molecular formula is C16H14N2O. The van der Waals surface area contributed by atoms with Gasteiger partial charge in [0, 0.05) is 29.7 Å². The summed E-state index contributed by atoms with van der Waals surface area (Å²) in [6.45, 7) is 2.05. The topological polar surface area (TPSA) is 45.8 Å². The third kappa shape index (κ3) is 2.40. The van der Waals surface area contributed by atoms with Gasteiger partial charge in [0.2, 0.25) is 0 Å². The van der Waals surface area contributed by atoms with Gasteiger partial charge in [-0.15, -0.1) is 0 Å². The lowest BCUT2D eigenvalue weighted by atomic mass is 10.1. The molecule has 0 aliphatic carbocycles. The molecule has 1 N–H and O–H groups in total. The maximum atomic E-state index is 12.2. The minimum Gasteiger partial charge on any atom is -0.352 e. The second-order valence-corrected chi connectivity index (χ2v) is 4.73. The second-order valence-electron chi connectivity index (χ2n) is 4.73. The van der Waals surface area contributed by atoms with Crippen LogP contribution in [0.25, 0.3) is 10.9 Å². The highest BCUT2D eigenvalue weighted by molar-refractivity contribution is 6.00. The number of fused-ring (bicyclic) bond motifs is 1. The molecule has 0 spiro atoms. The van der Waals surface area contributed by atoms with Crippen LogP contribution in [-0.4, -0.2) is 15.8 Å². The smallest absolute Gasteiger partial charge is 0.183 e. The number of aromatic nitrogens is 2. The highest BCUT2D eigenvalue weighted by atomic mass is 16.1. The fourth-order valence-corrected chi connectivity index (χ4v) is 2.19. The lowest BCUT2D eigenvalue weighted by Gasteiger charge is -1.97. The van der Waals surface area contributed by atoms with Crippen molar-refractivity contribution in [1.29, 1.82) is 0 Å². The Labute approximate surface area is 111 Å². The maximum absolute atomic E-state index is 12.2. The Morgan fingerprint density at radius 3 is 2.95 bits per heavy atom. The van der Waals surface area contributed by atoms with Gasteiger partial charge >= 0.3 is 0 Å². The van der Waals surface area contributed by atoms with E-state index in [1.807, 2.05) is 37.3 Å². The average molecular weight is 250 g/mol. The Morgan fingerprint density at radius 1 is 1.26 bits per heavy atom. The van der Waals surface area contributed by atoms with E-state index in [9.17, 15) is 4.79 Å². The minimum atomic E-state index is 0.0850. The quantitative estimate of drug-likeness (QED) is 0.725. The summed E-state index contributed by atoms with van der Waals surface area (Å²) >= 11 is 0. The van der Waals surface area contributed by atoms with Crippen LogP contribution in [0.1, 0.15) is 21.6 Å². The molecule has 19 heavy (non-hydrogen) atoms. The lowest BCUT2D eigenvalue weighted by molar-refractivity contribution is 0.0989. The Morgan fingerprint density at radius 2 is 2.16 bits per heavy atom. The van der Waals surface area contributed by atoms with E-state index >= 15 is 0 Å². The molecule has 94 valence electrons. The number of rotatable bonds is 3. The molecule has 0 aliphatic rings. The van der Waals surface area contributed by atoms with Gasteiger partial charge in [0.1, 0.15) is 0 Å². The molecule has 0 unspecified atom stereocenters. The number of aromatic amines is 1. The van der Waals surface area contributed by atoms with Crippen LogP contribution in [0.4, 0.5) is 0 Å². The Balaban J connectivity index is 1.89. The van der Waals surface area contributed by atoms with Gasteiger partial charge in [-0.05, 0) is 36.8 Å². The van der Waals surface area contributed by atoms with Crippen LogP contribution < -0.4 is 0 Å². The molecule has 0 fully saturated rings. The molecule has 0 radical (unpaired) electrons. The van der Waals surface area contributed by atoms with Crippen LogP contribution in [0.5, 0.6) is 0 Å². The van der Waals surface area contributed by atoms with Gasteiger partial charge in [0.15, 0.2) is 5.78 Å². The van der Waals surface area contributed by atoms with Crippen LogP contribution in [0.3, 0.4) is 0 Å². The van der Waals surface area contributed by atoms with Crippen LogP contribution in [0.15, 0.2) is 48.8 Å². The molecule has 3 nitrogen and oxygen atoms in total. The van der Waals surface area contributed by atoms with E-state index in [4.69, 9.17) is 0 Å². The first-order valence-electron chi connectivity index (χ1n) is 6.24. The van der Waals surface area contributed by atoms with E-state index in [-0.39, 0.29) is 5.78 Å². The summed E-state index contributed by atoms with van der Waals surface area (Å²) in [6.07, 6.45) is 3.81. The number of nitrogens with one attached hydrogen (secondary N) is 1. The second kappa shape index (κ2) is 4.69. The molecule has 0 aliphatic heterocycles. The van der Waals surface area contributed by atoms with Gasteiger partial charge in [0.05, 0.1) is 5.69 Å². The number of hydrogen-bond acceptors (Lipinski definition) is 2. The fourth-order valence-electron chi connectivity index (χ4n) is 2.19. The van der Waals surface area contributed by atoms with E-state index in [0.29, 0.717) is 12.1 Å². The number of aryl methyl sites for hydroxylation is 1. The van der Waals surface area contributed by atoms with Gasteiger partial charge in [0.25, 0.3) is 0 Å². The number of carbonyl (C=O) groups is 1. The molecule has 0 amide bonds. The zero-order valence-corrected chi connectivity index (χ0v) is 10.7. The van der Waals surface area contributed by atoms with Gasteiger partial charge in [-0.1, -0.05) is 17.7 Å². The largest absolute Gasteiger partial charge is 0.352 e. The summed E-state index contributed by atoms with van der Waals surface area (Å²) in [5.41, 5.74) is 3.78. The molecule has 3 rings (SSSR count). The van der Waals surface area contributed by atoms with Crippen molar-refractivity contribution in [3.63, 3.8) is 0 Å². The SMILES string of the molecule is Cc1ccc2[nH]c(C(=O)Cc3cccnc3)cc2c1. The molecule has 3 heteroatoms. The molecule has 0 saturated carbocycles. The molecule has 0 bridgehead atoms. The first-order valence-corrected chi connectivity index (χ1v) is 6.24. The average Bonchev–Trinajstić information content (AvgIpc) is 2.83. The van der Waals surface area contributed by atoms with Crippen molar-refractivity contribution in [3.8, 4) is 0 Å². The van der Waals surface area contributed by atoms with Crippen LogP contribution >= 0.6 is 0 Å². The highest BCUT2D eigenvalue weighted by Gasteiger charge is 2.10. The van der Waals surface area contributed by atoms with Crippen molar-refractivity contribution in [2.45, 2.75) is 13.3 Å². The molecule has 1 aromatic carbocycles. The normalized spacial score (nSPS) is 10.8. The van der Waals surface area contributed by atoms with Crippen molar-refractivity contribution in [2.75, 3.05) is 0 Å². The van der Waals surface area contributed by atoms with E-state index in [1.54, 1.807) is 12.4 Å². The number of Topliss-reactive ketones (excluding diaryl/α,β-unsaturated/α-hetero) is 1. The summed E-state index contributed by atoms with van der Waals surface area (Å²) in [4.78, 5) is 19.4. The highest BCUT2D eigenvalue weighted by Crippen LogP contribution is 2.18. The number of hydrogen-bond donors (Lipinski definition) is 1. The standard InChI is InChI=1S/C16H14N2O/c1-11-4-5-14-13(7-11)9-15(18-14)16(19)8-12-3-2-6-17-10-12/h2-7,9-10,18H,8H2,1H3. The predicted molar refractivity (Wildman–Crippen MR) is 75.3 cm³/mol. The van der Waals surface area contributed by atoms with E-state index in [0.717, 1.165) is 16.5 Å². The number of H-pyrrole nitrogens is 1. The third-order valence-electron chi connectivity index (χ3n) is 3.16. The Hall–Kier alpha value is -2.42. The molecule has 3 aromatic rings. The van der Waals surface area contributed by atoms with Crippen molar-refractivity contribution in [3.05, 3.63) is 65.6 Å². The Kier molecular flexibility index (Phi) is 2.88. The van der Waals surface area contributed by atoms with Gasteiger partial charge in [-0.2, -0.15) is 0 Å². The molecule has 0 saturated heterocycles. The number of carbonyl (C=O) groups excluding carboxylic acids is 1.